The Morgan fingerprint density at radius 2 is 1.89 bits per heavy atom. The van der Waals surface area contributed by atoms with Crippen molar-refractivity contribution < 1.29 is 19.8 Å². The van der Waals surface area contributed by atoms with Crippen LogP contribution in [-0.2, 0) is 4.79 Å². The zero-order valence-electron chi connectivity index (χ0n) is 11.0. The van der Waals surface area contributed by atoms with Gasteiger partial charge in [-0.25, -0.2) is 0 Å². The van der Waals surface area contributed by atoms with Gasteiger partial charge in [0.1, 0.15) is 12.3 Å². The number of carbonyl (C=O) groups is 2. The molecule has 1 rings (SSSR count). The number of aliphatic carboxylic acids is 1. The van der Waals surface area contributed by atoms with Gasteiger partial charge in [0.2, 0.25) is 0 Å². The summed E-state index contributed by atoms with van der Waals surface area (Å²) < 4.78 is 0. The van der Waals surface area contributed by atoms with Gasteiger partial charge in [-0.3, -0.25) is 9.59 Å². The van der Waals surface area contributed by atoms with Gasteiger partial charge in [0.15, 0.2) is 0 Å². The van der Waals surface area contributed by atoms with Crippen LogP contribution in [0.25, 0.3) is 0 Å². The molecule has 0 aliphatic heterocycles. The third-order valence-corrected chi connectivity index (χ3v) is 2.77. The molecule has 0 saturated heterocycles. The first-order valence-corrected chi connectivity index (χ1v) is 6.03. The molecule has 1 aromatic carbocycles. The first kappa shape index (κ1) is 15.3. The fraction of sp³-hybridized carbons (Fsp3) is 0.385. The highest BCUT2D eigenvalue weighted by molar-refractivity contribution is 6.30. The van der Waals surface area contributed by atoms with E-state index >= 15 is 0 Å². The van der Waals surface area contributed by atoms with Crippen LogP contribution in [0.5, 0.6) is 5.75 Å². The van der Waals surface area contributed by atoms with Crippen molar-refractivity contribution in [2.75, 3.05) is 6.54 Å². The van der Waals surface area contributed by atoms with Crippen LogP contribution in [-0.4, -0.2) is 39.1 Å². The minimum Gasteiger partial charge on any atom is -0.507 e. The monoisotopic (exact) mass is 285 g/mol. The van der Waals surface area contributed by atoms with Gasteiger partial charge in [-0.05, 0) is 39.0 Å². The van der Waals surface area contributed by atoms with E-state index in [-0.39, 0.29) is 11.3 Å². The van der Waals surface area contributed by atoms with Gasteiger partial charge >= 0.3 is 5.97 Å². The molecule has 1 amide bonds. The van der Waals surface area contributed by atoms with E-state index in [4.69, 9.17) is 16.7 Å². The van der Waals surface area contributed by atoms with E-state index in [1.54, 1.807) is 20.8 Å². The van der Waals surface area contributed by atoms with Gasteiger partial charge in [0.05, 0.1) is 5.56 Å². The average molecular weight is 286 g/mol. The maximum atomic E-state index is 12.3. The summed E-state index contributed by atoms with van der Waals surface area (Å²) in [5.41, 5.74) is -0.651. The number of amides is 1. The van der Waals surface area contributed by atoms with E-state index in [1.807, 2.05) is 0 Å². The van der Waals surface area contributed by atoms with Gasteiger partial charge in [0.25, 0.3) is 5.91 Å². The van der Waals surface area contributed by atoms with E-state index in [2.05, 4.69) is 0 Å². The first-order valence-electron chi connectivity index (χ1n) is 5.65. The van der Waals surface area contributed by atoms with Crippen LogP contribution in [0.3, 0.4) is 0 Å². The van der Waals surface area contributed by atoms with E-state index in [9.17, 15) is 14.7 Å². The lowest BCUT2D eigenvalue weighted by Crippen LogP contribution is -2.48. The molecular formula is C13H16ClNO4. The summed E-state index contributed by atoms with van der Waals surface area (Å²) in [5.74, 6) is -1.93. The van der Waals surface area contributed by atoms with Gasteiger partial charge < -0.3 is 15.1 Å². The van der Waals surface area contributed by atoms with Gasteiger partial charge in [-0.1, -0.05) is 11.6 Å². The highest BCUT2D eigenvalue weighted by atomic mass is 35.5. The van der Waals surface area contributed by atoms with Crippen molar-refractivity contribution in [1.29, 1.82) is 0 Å². The molecule has 0 heterocycles. The molecule has 0 aliphatic rings. The van der Waals surface area contributed by atoms with Crippen molar-refractivity contribution in [3.8, 4) is 5.75 Å². The predicted molar refractivity (Wildman–Crippen MR) is 71.5 cm³/mol. The van der Waals surface area contributed by atoms with E-state index in [1.165, 1.54) is 23.1 Å². The Bertz CT molecular complexity index is 508. The molecule has 2 N–H and O–H groups in total. The maximum Gasteiger partial charge on any atom is 0.323 e. The molecule has 0 bridgehead atoms. The number of carboxylic acids is 1. The Hall–Kier alpha value is -1.75. The Labute approximate surface area is 116 Å². The van der Waals surface area contributed by atoms with Crippen molar-refractivity contribution in [3.05, 3.63) is 28.8 Å². The zero-order chi connectivity index (χ0) is 14.8. The van der Waals surface area contributed by atoms with Crippen molar-refractivity contribution in [2.24, 2.45) is 0 Å². The summed E-state index contributed by atoms with van der Waals surface area (Å²) in [7, 11) is 0. The fourth-order valence-electron chi connectivity index (χ4n) is 1.58. The Kier molecular flexibility index (Phi) is 4.42. The van der Waals surface area contributed by atoms with Crippen molar-refractivity contribution in [1.82, 2.24) is 4.90 Å². The molecule has 0 atom stereocenters. The molecule has 104 valence electrons. The van der Waals surface area contributed by atoms with Crippen LogP contribution in [0.1, 0.15) is 31.1 Å². The second-order valence-corrected chi connectivity index (χ2v) is 5.55. The molecule has 0 fully saturated rings. The first-order chi connectivity index (χ1) is 8.62. The summed E-state index contributed by atoms with van der Waals surface area (Å²) in [6, 6.07) is 4.09. The van der Waals surface area contributed by atoms with Crippen LogP contribution < -0.4 is 0 Å². The second kappa shape index (κ2) is 5.48. The molecule has 0 spiro atoms. The van der Waals surface area contributed by atoms with Gasteiger partial charge in [-0.2, -0.15) is 0 Å². The van der Waals surface area contributed by atoms with Crippen molar-refractivity contribution in [2.45, 2.75) is 26.3 Å². The number of rotatable bonds is 3. The summed E-state index contributed by atoms with van der Waals surface area (Å²) in [6.07, 6.45) is 0. The number of hydrogen-bond acceptors (Lipinski definition) is 3. The molecule has 19 heavy (non-hydrogen) atoms. The third kappa shape index (κ3) is 3.86. The van der Waals surface area contributed by atoms with Gasteiger partial charge in [-0.15, -0.1) is 0 Å². The van der Waals surface area contributed by atoms with E-state index < -0.39 is 24.0 Å². The highest BCUT2D eigenvalue weighted by Crippen LogP contribution is 2.25. The number of aromatic hydroxyl groups is 1. The Morgan fingerprint density at radius 1 is 1.32 bits per heavy atom. The fourth-order valence-corrected chi connectivity index (χ4v) is 1.75. The van der Waals surface area contributed by atoms with Crippen LogP contribution >= 0.6 is 11.6 Å². The Morgan fingerprint density at radius 3 is 2.32 bits per heavy atom. The van der Waals surface area contributed by atoms with Crippen LogP contribution in [0.15, 0.2) is 18.2 Å². The van der Waals surface area contributed by atoms with E-state index in [0.29, 0.717) is 5.02 Å². The van der Waals surface area contributed by atoms with Crippen molar-refractivity contribution >= 4 is 23.5 Å². The lowest BCUT2D eigenvalue weighted by molar-refractivity contribution is -0.138. The zero-order valence-corrected chi connectivity index (χ0v) is 11.7. The second-order valence-electron chi connectivity index (χ2n) is 5.12. The number of phenols is 1. The number of nitrogens with zero attached hydrogens (tertiary/aromatic N) is 1. The molecule has 0 radical (unpaired) electrons. The minimum absolute atomic E-state index is 0.0283. The predicted octanol–water partition coefficient (Wildman–Crippen LogP) is 2.37. The normalized spacial score (nSPS) is 11.2. The van der Waals surface area contributed by atoms with E-state index in [0.717, 1.165) is 0 Å². The standard InChI is InChI=1S/C13H16ClNO4/c1-13(2,3)15(7-11(17)18)12(19)9-5-4-8(14)6-10(9)16/h4-6,16H,7H2,1-3H3,(H,17,18). The minimum atomic E-state index is -1.11. The molecular weight excluding hydrogens is 270 g/mol. The summed E-state index contributed by atoms with van der Waals surface area (Å²) in [6.45, 7) is 4.73. The molecule has 0 unspecified atom stereocenters. The van der Waals surface area contributed by atoms with Crippen LogP contribution in [0, 0.1) is 0 Å². The number of carboxylic acid groups (broad SMARTS) is 1. The lowest BCUT2D eigenvalue weighted by atomic mass is 10.0. The molecule has 0 saturated carbocycles. The summed E-state index contributed by atoms with van der Waals surface area (Å²) >= 11 is 5.70. The number of halogens is 1. The molecule has 5 nitrogen and oxygen atoms in total. The van der Waals surface area contributed by atoms with Crippen LogP contribution in [0.4, 0.5) is 0 Å². The largest absolute Gasteiger partial charge is 0.507 e. The number of hydrogen-bond donors (Lipinski definition) is 2. The molecule has 0 aliphatic carbocycles. The molecule has 6 heteroatoms. The summed E-state index contributed by atoms with van der Waals surface area (Å²) in [5, 5.41) is 18.9. The quantitative estimate of drug-likeness (QED) is 0.894. The lowest BCUT2D eigenvalue weighted by Gasteiger charge is -2.34. The SMILES string of the molecule is CC(C)(C)N(CC(=O)O)C(=O)c1ccc(Cl)cc1O. The van der Waals surface area contributed by atoms with Crippen LogP contribution in [0.2, 0.25) is 5.02 Å². The molecule has 1 aromatic rings. The molecule has 0 aromatic heterocycles. The summed E-state index contributed by atoms with van der Waals surface area (Å²) in [4.78, 5) is 24.4. The highest BCUT2D eigenvalue weighted by Gasteiger charge is 2.30. The average Bonchev–Trinajstić information content (AvgIpc) is 2.23. The van der Waals surface area contributed by atoms with Gasteiger partial charge in [0, 0.05) is 10.6 Å². The maximum absolute atomic E-state index is 12.3. The Balaban J connectivity index is 3.16. The number of benzene rings is 1. The topological polar surface area (TPSA) is 77.8 Å². The van der Waals surface area contributed by atoms with Crippen molar-refractivity contribution in [3.63, 3.8) is 0 Å². The number of carbonyl (C=O) groups excluding carboxylic acids is 1. The third-order valence-electron chi connectivity index (χ3n) is 2.54. The smallest absolute Gasteiger partial charge is 0.323 e. The number of phenolic OH excluding ortho intramolecular Hbond substituents is 1.